The highest BCUT2D eigenvalue weighted by atomic mass is 16.3. The zero-order valence-corrected chi connectivity index (χ0v) is 15.0. The average Bonchev–Trinajstić information content (AvgIpc) is 3.27. The minimum Gasteiger partial charge on any atom is -0.459 e. The summed E-state index contributed by atoms with van der Waals surface area (Å²) in [5.74, 6) is -0.794. The number of amides is 3. The van der Waals surface area contributed by atoms with Gasteiger partial charge in [0.15, 0.2) is 5.76 Å². The number of carbonyl (C=O) groups is 3. The van der Waals surface area contributed by atoms with Gasteiger partial charge in [0.1, 0.15) is 0 Å². The summed E-state index contributed by atoms with van der Waals surface area (Å²) in [6.45, 7) is 0.468. The molecule has 0 atom stereocenters. The quantitative estimate of drug-likeness (QED) is 0.551. The number of rotatable bonds is 7. The van der Waals surface area contributed by atoms with Gasteiger partial charge in [0.05, 0.1) is 17.5 Å². The molecular weight excluding hydrogens is 358 g/mol. The van der Waals surface area contributed by atoms with Crippen LogP contribution in [0.5, 0.6) is 0 Å². The summed E-state index contributed by atoms with van der Waals surface area (Å²) in [7, 11) is 0. The highest BCUT2D eigenvalue weighted by Crippen LogP contribution is 2.16. The van der Waals surface area contributed by atoms with Gasteiger partial charge in [-0.1, -0.05) is 30.3 Å². The first kappa shape index (κ1) is 18.9. The topological polar surface area (TPSA) is 100 Å². The third kappa shape index (κ3) is 4.85. The Morgan fingerprint density at radius 3 is 2.11 bits per heavy atom. The Labute approximate surface area is 161 Å². The van der Waals surface area contributed by atoms with Crippen LogP contribution < -0.4 is 16.0 Å². The van der Waals surface area contributed by atoms with Crippen LogP contribution >= 0.6 is 0 Å². The first-order valence-corrected chi connectivity index (χ1v) is 8.70. The van der Waals surface area contributed by atoms with E-state index in [-0.39, 0.29) is 36.6 Å². The van der Waals surface area contributed by atoms with Crippen LogP contribution in [0.25, 0.3) is 0 Å². The molecule has 3 aromatic rings. The highest BCUT2D eigenvalue weighted by molar-refractivity contribution is 6.09. The van der Waals surface area contributed by atoms with Crippen LogP contribution in [-0.2, 0) is 0 Å². The second kappa shape index (κ2) is 9.18. The molecule has 0 radical (unpaired) electrons. The number of hydrogen-bond acceptors (Lipinski definition) is 4. The zero-order valence-electron chi connectivity index (χ0n) is 15.0. The maximum absolute atomic E-state index is 12.5. The van der Waals surface area contributed by atoms with Crippen molar-refractivity contribution in [3.05, 3.63) is 89.9 Å². The van der Waals surface area contributed by atoms with Crippen LogP contribution in [0.2, 0.25) is 0 Å². The maximum atomic E-state index is 12.5. The van der Waals surface area contributed by atoms with E-state index in [1.807, 2.05) is 6.07 Å². The molecule has 2 aromatic carbocycles. The van der Waals surface area contributed by atoms with Crippen LogP contribution in [0.3, 0.4) is 0 Å². The number of nitrogens with one attached hydrogen (secondary N) is 3. The number of para-hydroxylation sites is 1. The maximum Gasteiger partial charge on any atom is 0.287 e. The van der Waals surface area contributed by atoms with E-state index in [1.165, 1.54) is 6.26 Å². The highest BCUT2D eigenvalue weighted by Gasteiger charge is 2.14. The molecule has 0 fully saturated rings. The van der Waals surface area contributed by atoms with Gasteiger partial charge in [0.25, 0.3) is 17.7 Å². The molecule has 28 heavy (non-hydrogen) atoms. The predicted molar refractivity (Wildman–Crippen MR) is 104 cm³/mol. The summed E-state index contributed by atoms with van der Waals surface area (Å²) in [6, 6.07) is 18.7. The molecule has 0 spiro atoms. The minimum atomic E-state index is -0.352. The molecule has 0 saturated heterocycles. The van der Waals surface area contributed by atoms with Crippen LogP contribution in [0.1, 0.15) is 31.3 Å². The molecule has 0 aliphatic rings. The van der Waals surface area contributed by atoms with E-state index in [1.54, 1.807) is 60.7 Å². The molecule has 1 aromatic heterocycles. The Morgan fingerprint density at radius 2 is 1.39 bits per heavy atom. The van der Waals surface area contributed by atoms with Gasteiger partial charge in [0.2, 0.25) is 0 Å². The van der Waals surface area contributed by atoms with Crippen LogP contribution in [0.4, 0.5) is 5.69 Å². The van der Waals surface area contributed by atoms with E-state index in [0.717, 1.165) is 0 Å². The van der Waals surface area contributed by atoms with Gasteiger partial charge in [-0.3, -0.25) is 14.4 Å². The van der Waals surface area contributed by atoms with Gasteiger partial charge in [-0.2, -0.15) is 0 Å². The van der Waals surface area contributed by atoms with Crippen molar-refractivity contribution in [1.29, 1.82) is 0 Å². The van der Waals surface area contributed by atoms with Crippen molar-refractivity contribution in [2.24, 2.45) is 0 Å². The lowest BCUT2D eigenvalue weighted by Gasteiger charge is -2.12. The SMILES string of the molecule is O=C(Nc1ccccc1C(=O)NCCNC(=O)c1ccco1)c1ccccc1. The Morgan fingerprint density at radius 1 is 0.714 bits per heavy atom. The second-order valence-corrected chi connectivity index (χ2v) is 5.85. The average molecular weight is 377 g/mol. The molecule has 3 rings (SSSR count). The van der Waals surface area contributed by atoms with Crippen molar-refractivity contribution in [3.63, 3.8) is 0 Å². The fourth-order valence-corrected chi connectivity index (χ4v) is 2.52. The van der Waals surface area contributed by atoms with Gasteiger partial charge >= 0.3 is 0 Å². The summed E-state index contributed by atoms with van der Waals surface area (Å²) in [6.07, 6.45) is 1.41. The van der Waals surface area contributed by atoms with E-state index in [4.69, 9.17) is 4.42 Å². The zero-order chi connectivity index (χ0) is 19.8. The van der Waals surface area contributed by atoms with Crippen molar-refractivity contribution in [3.8, 4) is 0 Å². The number of anilines is 1. The molecular formula is C21H19N3O4. The van der Waals surface area contributed by atoms with Gasteiger partial charge in [-0.15, -0.1) is 0 Å². The summed E-state index contributed by atoms with van der Waals surface area (Å²) in [5.41, 5.74) is 1.25. The summed E-state index contributed by atoms with van der Waals surface area (Å²) < 4.78 is 4.99. The third-order valence-electron chi connectivity index (χ3n) is 3.90. The van der Waals surface area contributed by atoms with Crippen molar-refractivity contribution >= 4 is 23.4 Å². The summed E-state index contributed by atoms with van der Waals surface area (Å²) in [4.78, 5) is 36.6. The van der Waals surface area contributed by atoms with E-state index >= 15 is 0 Å². The molecule has 1 heterocycles. The fraction of sp³-hybridized carbons (Fsp3) is 0.0952. The Balaban J connectivity index is 1.55. The molecule has 3 amide bonds. The number of carbonyl (C=O) groups excluding carboxylic acids is 3. The molecule has 0 aliphatic heterocycles. The van der Waals surface area contributed by atoms with Crippen molar-refractivity contribution in [2.75, 3.05) is 18.4 Å². The van der Waals surface area contributed by atoms with E-state index in [0.29, 0.717) is 16.8 Å². The standard InChI is InChI=1S/C21H19N3O4/c25-19(15-7-2-1-3-8-15)24-17-10-5-4-9-16(17)20(26)22-12-13-23-21(27)18-11-6-14-28-18/h1-11,14H,12-13H2,(H,22,26)(H,23,27)(H,24,25). The number of hydrogen-bond donors (Lipinski definition) is 3. The van der Waals surface area contributed by atoms with Crippen LogP contribution in [-0.4, -0.2) is 30.8 Å². The van der Waals surface area contributed by atoms with Gasteiger partial charge in [0, 0.05) is 18.7 Å². The lowest BCUT2D eigenvalue weighted by atomic mass is 10.1. The van der Waals surface area contributed by atoms with Crippen molar-refractivity contribution in [2.45, 2.75) is 0 Å². The van der Waals surface area contributed by atoms with Gasteiger partial charge < -0.3 is 20.4 Å². The van der Waals surface area contributed by atoms with Gasteiger partial charge in [-0.05, 0) is 36.4 Å². The molecule has 7 nitrogen and oxygen atoms in total. The Bertz CT molecular complexity index is 953. The second-order valence-electron chi connectivity index (χ2n) is 5.85. The van der Waals surface area contributed by atoms with E-state index in [2.05, 4.69) is 16.0 Å². The lowest BCUT2D eigenvalue weighted by molar-refractivity contribution is 0.0910. The predicted octanol–water partition coefficient (Wildman–Crippen LogP) is 2.69. The first-order chi connectivity index (χ1) is 13.6. The monoisotopic (exact) mass is 377 g/mol. The van der Waals surface area contributed by atoms with Crippen LogP contribution in [0.15, 0.2) is 77.4 Å². The Hall–Kier alpha value is -3.87. The largest absolute Gasteiger partial charge is 0.459 e. The number of benzene rings is 2. The Kier molecular flexibility index (Phi) is 6.20. The van der Waals surface area contributed by atoms with E-state index in [9.17, 15) is 14.4 Å². The number of furan rings is 1. The van der Waals surface area contributed by atoms with Gasteiger partial charge in [-0.25, -0.2) is 0 Å². The van der Waals surface area contributed by atoms with Crippen LogP contribution in [0, 0.1) is 0 Å². The molecule has 3 N–H and O–H groups in total. The van der Waals surface area contributed by atoms with Crippen molar-refractivity contribution in [1.82, 2.24) is 10.6 Å². The molecule has 0 unspecified atom stereocenters. The molecule has 0 saturated carbocycles. The smallest absolute Gasteiger partial charge is 0.287 e. The first-order valence-electron chi connectivity index (χ1n) is 8.70. The molecule has 0 aliphatic carbocycles. The van der Waals surface area contributed by atoms with Crippen molar-refractivity contribution < 1.29 is 18.8 Å². The summed E-state index contributed by atoms with van der Waals surface area (Å²) >= 11 is 0. The molecule has 142 valence electrons. The fourth-order valence-electron chi connectivity index (χ4n) is 2.52. The van der Waals surface area contributed by atoms with E-state index < -0.39 is 0 Å². The lowest BCUT2D eigenvalue weighted by Crippen LogP contribution is -2.35. The summed E-state index contributed by atoms with van der Waals surface area (Å²) in [5, 5.41) is 8.11. The normalized spacial score (nSPS) is 10.1. The minimum absolute atomic E-state index is 0.209. The molecule has 7 heteroatoms. The molecule has 0 bridgehead atoms. The third-order valence-corrected chi connectivity index (χ3v) is 3.90.